The highest BCUT2D eigenvalue weighted by Gasteiger charge is 2.37. The number of carbonyl (C=O) groups is 1. The molecule has 1 aliphatic rings. The summed E-state index contributed by atoms with van der Waals surface area (Å²) in [5.41, 5.74) is -1.82. The number of anilines is 1. The molecule has 10 heteroatoms. The van der Waals surface area contributed by atoms with Gasteiger partial charge >= 0.3 is 6.18 Å². The summed E-state index contributed by atoms with van der Waals surface area (Å²) < 4.78 is 38.1. The average molecular weight is 368 g/mol. The molecule has 0 spiro atoms. The Labute approximate surface area is 125 Å². The molecule has 1 aromatic carbocycles. The fraction of sp³-hybridized carbons (Fsp3) is 0.364. The van der Waals surface area contributed by atoms with E-state index in [-0.39, 0.29) is 35.7 Å². The van der Waals surface area contributed by atoms with Crippen molar-refractivity contribution in [3.8, 4) is 0 Å². The van der Waals surface area contributed by atoms with Crippen LogP contribution in [-0.4, -0.2) is 30.5 Å². The Balaban J connectivity index is 2.53. The minimum atomic E-state index is -4.71. The summed E-state index contributed by atoms with van der Waals surface area (Å²) in [6.07, 6.45) is -4.71. The Kier molecular flexibility index (Phi) is 4.08. The number of halogens is 4. The first-order valence-corrected chi connectivity index (χ1v) is 6.56. The van der Waals surface area contributed by atoms with Gasteiger partial charge in [-0.15, -0.1) is 0 Å². The summed E-state index contributed by atoms with van der Waals surface area (Å²) in [7, 11) is 0. The van der Waals surface area contributed by atoms with Crippen molar-refractivity contribution in [1.29, 1.82) is 0 Å². The Bertz CT molecular complexity index is 606. The fourth-order valence-electron chi connectivity index (χ4n) is 2.01. The molecule has 2 rings (SSSR count). The maximum Gasteiger partial charge on any atom is 0.417 e. The van der Waals surface area contributed by atoms with Crippen LogP contribution in [0.15, 0.2) is 16.6 Å². The van der Waals surface area contributed by atoms with Gasteiger partial charge in [-0.05, 0) is 6.07 Å². The number of amides is 1. The van der Waals surface area contributed by atoms with Crippen molar-refractivity contribution < 1.29 is 22.9 Å². The molecule has 0 saturated carbocycles. The van der Waals surface area contributed by atoms with Gasteiger partial charge in [0.25, 0.3) is 5.69 Å². The third-order valence-electron chi connectivity index (χ3n) is 2.95. The topological polar surface area (TPSA) is 75.5 Å². The number of nitro groups is 1. The fourth-order valence-corrected chi connectivity index (χ4v) is 2.57. The van der Waals surface area contributed by atoms with Crippen molar-refractivity contribution in [1.82, 2.24) is 5.32 Å². The monoisotopic (exact) mass is 367 g/mol. The SMILES string of the molecule is O=C1CN(c2cc(Br)c(C(F)(F)F)cc2[N+](=O)[O-])CCN1. The maximum atomic E-state index is 12.8. The third kappa shape index (κ3) is 3.26. The molecule has 0 atom stereocenters. The smallest absolute Gasteiger partial charge is 0.355 e. The molecule has 1 N–H and O–H groups in total. The van der Waals surface area contributed by atoms with Crippen molar-refractivity contribution in [2.75, 3.05) is 24.5 Å². The molecule has 0 aromatic heterocycles. The molecule has 1 amide bonds. The molecule has 1 saturated heterocycles. The summed E-state index contributed by atoms with van der Waals surface area (Å²) in [5, 5.41) is 13.6. The number of nitrogens with zero attached hydrogens (tertiary/aromatic N) is 2. The zero-order valence-electron chi connectivity index (χ0n) is 10.4. The van der Waals surface area contributed by atoms with E-state index in [2.05, 4.69) is 21.2 Å². The van der Waals surface area contributed by atoms with Crippen LogP contribution in [0, 0.1) is 10.1 Å². The number of piperazine rings is 1. The first kappa shape index (κ1) is 15.5. The van der Waals surface area contributed by atoms with Gasteiger partial charge in [0.05, 0.1) is 17.0 Å². The number of hydrogen-bond acceptors (Lipinski definition) is 4. The van der Waals surface area contributed by atoms with Crippen molar-refractivity contribution in [2.24, 2.45) is 0 Å². The van der Waals surface area contributed by atoms with Gasteiger partial charge in [-0.1, -0.05) is 15.9 Å². The lowest BCUT2D eigenvalue weighted by molar-refractivity contribution is -0.384. The molecule has 114 valence electrons. The molecular weight excluding hydrogens is 359 g/mol. The quantitative estimate of drug-likeness (QED) is 0.642. The van der Waals surface area contributed by atoms with Gasteiger partial charge in [0, 0.05) is 23.6 Å². The van der Waals surface area contributed by atoms with Crippen LogP contribution in [0.2, 0.25) is 0 Å². The summed E-state index contributed by atoms with van der Waals surface area (Å²) in [6.45, 7) is 0.414. The lowest BCUT2D eigenvalue weighted by Crippen LogP contribution is -2.47. The highest BCUT2D eigenvalue weighted by atomic mass is 79.9. The number of hydrogen-bond donors (Lipinski definition) is 1. The molecule has 21 heavy (non-hydrogen) atoms. The van der Waals surface area contributed by atoms with Crippen LogP contribution in [0.3, 0.4) is 0 Å². The predicted molar refractivity (Wildman–Crippen MR) is 71.0 cm³/mol. The second-order valence-electron chi connectivity index (χ2n) is 4.35. The molecule has 1 aliphatic heterocycles. The minimum absolute atomic E-state index is 0.0188. The molecule has 1 heterocycles. The zero-order chi connectivity index (χ0) is 15.8. The van der Waals surface area contributed by atoms with Gasteiger partial charge < -0.3 is 10.2 Å². The van der Waals surface area contributed by atoms with Crippen LogP contribution in [0.4, 0.5) is 24.5 Å². The molecule has 0 aliphatic carbocycles. The Morgan fingerprint density at radius 2 is 2.05 bits per heavy atom. The van der Waals surface area contributed by atoms with E-state index in [0.717, 1.165) is 6.07 Å². The normalized spacial score (nSPS) is 15.8. The first-order valence-electron chi connectivity index (χ1n) is 5.77. The van der Waals surface area contributed by atoms with Crippen molar-refractivity contribution in [3.63, 3.8) is 0 Å². The van der Waals surface area contributed by atoms with E-state index < -0.39 is 22.4 Å². The van der Waals surface area contributed by atoms with E-state index >= 15 is 0 Å². The van der Waals surface area contributed by atoms with Gasteiger partial charge in [-0.25, -0.2) is 0 Å². The largest absolute Gasteiger partial charge is 0.417 e. The summed E-state index contributed by atoms with van der Waals surface area (Å²) in [6, 6.07) is 1.51. The summed E-state index contributed by atoms with van der Waals surface area (Å²) in [5.74, 6) is -0.341. The Morgan fingerprint density at radius 1 is 1.38 bits per heavy atom. The summed E-state index contributed by atoms with van der Waals surface area (Å²) in [4.78, 5) is 22.8. The van der Waals surface area contributed by atoms with Gasteiger partial charge in [-0.2, -0.15) is 13.2 Å². The van der Waals surface area contributed by atoms with E-state index in [1.807, 2.05) is 0 Å². The van der Waals surface area contributed by atoms with E-state index in [4.69, 9.17) is 0 Å². The molecule has 6 nitrogen and oxygen atoms in total. The maximum absolute atomic E-state index is 12.8. The molecule has 1 aromatic rings. The third-order valence-corrected chi connectivity index (χ3v) is 3.60. The Morgan fingerprint density at radius 3 is 2.57 bits per heavy atom. The van der Waals surface area contributed by atoms with Crippen LogP contribution in [0.1, 0.15) is 5.56 Å². The van der Waals surface area contributed by atoms with E-state index in [1.165, 1.54) is 4.90 Å². The van der Waals surface area contributed by atoms with Crippen LogP contribution < -0.4 is 10.2 Å². The van der Waals surface area contributed by atoms with E-state index in [0.29, 0.717) is 6.07 Å². The minimum Gasteiger partial charge on any atom is -0.355 e. The highest BCUT2D eigenvalue weighted by Crippen LogP contribution is 2.41. The molecule has 0 radical (unpaired) electrons. The second-order valence-corrected chi connectivity index (χ2v) is 5.20. The van der Waals surface area contributed by atoms with E-state index in [1.54, 1.807) is 0 Å². The molecule has 0 unspecified atom stereocenters. The molecular formula is C11H9BrF3N3O3. The number of benzene rings is 1. The van der Waals surface area contributed by atoms with Crippen molar-refractivity contribution >= 4 is 33.2 Å². The number of nitro benzene ring substituents is 1. The van der Waals surface area contributed by atoms with Crippen molar-refractivity contribution in [2.45, 2.75) is 6.18 Å². The second kappa shape index (κ2) is 5.51. The zero-order valence-corrected chi connectivity index (χ0v) is 12.0. The van der Waals surface area contributed by atoms with Gasteiger partial charge in [0.1, 0.15) is 5.69 Å². The lowest BCUT2D eigenvalue weighted by atomic mass is 10.1. The highest BCUT2D eigenvalue weighted by molar-refractivity contribution is 9.10. The number of rotatable bonds is 2. The molecule has 1 fully saturated rings. The van der Waals surface area contributed by atoms with E-state index in [9.17, 15) is 28.1 Å². The predicted octanol–water partition coefficient (Wildman–Crippen LogP) is 2.31. The first-order chi connectivity index (χ1) is 9.70. The van der Waals surface area contributed by atoms with Gasteiger partial charge in [0.2, 0.25) is 5.91 Å². The number of nitrogens with one attached hydrogen (secondary N) is 1. The standard InChI is InChI=1S/C11H9BrF3N3O3/c12-7-4-8(17-2-1-16-10(19)5-17)9(18(20)21)3-6(7)11(13,14)15/h3-4H,1-2,5H2,(H,16,19). The van der Waals surface area contributed by atoms with Gasteiger partial charge in [0.15, 0.2) is 0 Å². The Hall–Kier alpha value is -1.84. The molecule has 0 bridgehead atoms. The average Bonchev–Trinajstić information content (AvgIpc) is 2.36. The van der Waals surface area contributed by atoms with Crippen LogP contribution in [0.5, 0.6) is 0 Å². The van der Waals surface area contributed by atoms with Crippen LogP contribution in [-0.2, 0) is 11.0 Å². The van der Waals surface area contributed by atoms with Crippen molar-refractivity contribution in [3.05, 3.63) is 32.3 Å². The summed E-state index contributed by atoms with van der Waals surface area (Å²) >= 11 is 2.78. The van der Waals surface area contributed by atoms with Crippen LogP contribution >= 0.6 is 15.9 Å². The number of alkyl halides is 3. The van der Waals surface area contributed by atoms with Crippen LogP contribution in [0.25, 0.3) is 0 Å². The lowest BCUT2D eigenvalue weighted by Gasteiger charge is -2.28. The number of carbonyl (C=O) groups excluding carboxylic acids is 1. The van der Waals surface area contributed by atoms with Gasteiger partial charge in [-0.3, -0.25) is 14.9 Å².